The van der Waals surface area contributed by atoms with Crippen molar-refractivity contribution in [3.05, 3.63) is 0 Å². The molecule has 2 fully saturated rings. The third-order valence-corrected chi connectivity index (χ3v) is 5.21. The molecular formula is C10H19NO3S. The number of nitrogens with one attached hydrogen (secondary N) is 1. The van der Waals surface area contributed by atoms with Crippen molar-refractivity contribution in [3.8, 4) is 0 Å². The molecule has 0 spiro atoms. The second-order valence-corrected chi connectivity index (χ2v) is 6.88. The maximum absolute atomic E-state index is 11.2. The van der Waals surface area contributed by atoms with Crippen LogP contribution in [0.5, 0.6) is 0 Å². The minimum absolute atomic E-state index is 0.267. The third-order valence-electron chi connectivity index (χ3n) is 3.37. The van der Waals surface area contributed by atoms with Crippen LogP contribution in [0.3, 0.4) is 0 Å². The summed E-state index contributed by atoms with van der Waals surface area (Å²) in [6.45, 7) is 3.70. The first-order valence-electron chi connectivity index (χ1n) is 5.62. The zero-order valence-corrected chi connectivity index (χ0v) is 9.92. The standard InChI is InChI=1S/C10H19NO3S/c1-8-10(2-4-14-8)11-6-9-3-5-15(12,13)7-9/h8-11H,2-7H2,1H3. The lowest BCUT2D eigenvalue weighted by atomic mass is 10.1. The van der Waals surface area contributed by atoms with Crippen LogP contribution in [0.1, 0.15) is 19.8 Å². The second-order valence-electron chi connectivity index (χ2n) is 4.65. The lowest BCUT2D eigenvalue weighted by Gasteiger charge is -2.18. The van der Waals surface area contributed by atoms with Gasteiger partial charge >= 0.3 is 0 Å². The molecule has 88 valence electrons. The van der Waals surface area contributed by atoms with Crippen molar-refractivity contribution < 1.29 is 13.2 Å². The summed E-state index contributed by atoms with van der Waals surface area (Å²) >= 11 is 0. The Morgan fingerprint density at radius 1 is 1.40 bits per heavy atom. The van der Waals surface area contributed by atoms with E-state index in [1.54, 1.807) is 0 Å². The number of hydrogen-bond acceptors (Lipinski definition) is 4. The van der Waals surface area contributed by atoms with E-state index >= 15 is 0 Å². The van der Waals surface area contributed by atoms with Gasteiger partial charge in [0.2, 0.25) is 0 Å². The number of rotatable bonds is 3. The summed E-state index contributed by atoms with van der Waals surface area (Å²) < 4.78 is 27.9. The van der Waals surface area contributed by atoms with E-state index in [1.165, 1.54) is 0 Å². The molecule has 2 saturated heterocycles. The quantitative estimate of drug-likeness (QED) is 0.756. The average molecular weight is 233 g/mol. The van der Waals surface area contributed by atoms with E-state index < -0.39 is 9.84 Å². The molecule has 0 bridgehead atoms. The lowest BCUT2D eigenvalue weighted by molar-refractivity contribution is 0.112. The highest BCUT2D eigenvalue weighted by molar-refractivity contribution is 7.91. The molecule has 2 aliphatic heterocycles. The van der Waals surface area contributed by atoms with Crippen molar-refractivity contribution in [3.63, 3.8) is 0 Å². The molecule has 15 heavy (non-hydrogen) atoms. The Bertz CT molecular complexity index is 315. The van der Waals surface area contributed by atoms with Crippen LogP contribution in [-0.4, -0.2) is 45.2 Å². The van der Waals surface area contributed by atoms with Gasteiger partial charge in [0.05, 0.1) is 17.6 Å². The molecule has 2 heterocycles. The van der Waals surface area contributed by atoms with Crippen LogP contribution in [0.2, 0.25) is 0 Å². The van der Waals surface area contributed by atoms with E-state index in [4.69, 9.17) is 4.74 Å². The van der Waals surface area contributed by atoms with Crippen LogP contribution < -0.4 is 5.32 Å². The molecule has 0 aromatic heterocycles. The van der Waals surface area contributed by atoms with Crippen molar-refractivity contribution in [2.45, 2.75) is 31.9 Å². The first kappa shape index (κ1) is 11.4. The normalized spacial score (nSPS) is 39.7. The van der Waals surface area contributed by atoms with Crippen molar-refractivity contribution in [2.75, 3.05) is 24.7 Å². The fourth-order valence-electron chi connectivity index (χ4n) is 2.35. The molecule has 2 aliphatic rings. The average Bonchev–Trinajstić information content (AvgIpc) is 2.69. The van der Waals surface area contributed by atoms with Gasteiger partial charge in [0.25, 0.3) is 0 Å². The predicted octanol–water partition coefficient (Wildman–Crippen LogP) is 0.188. The van der Waals surface area contributed by atoms with Crippen LogP contribution in [0, 0.1) is 5.92 Å². The Morgan fingerprint density at radius 3 is 2.73 bits per heavy atom. The monoisotopic (exact) mass is 233 g/mol. The van der Waals surface area contributed by atoms with E-state index in [2.05, 4.69) is 12.2 Å². The van der Waals surface area contributed by atoms with Crippen LogP contribution in [-0.2, 0) is 14.6 Å². The van der Waals surface area contributed by atoms with Crippen molar-refractivity contribution in [1.82, 2.24) is 5.32 Å². The van der Waals surface area contributed by atoms with Gasteiger partial charge in [-0.3, -0.25) is 0 Å². The summed E-state index contributed by atoms with van der Waals surface area (Å²) in [6.07, 6.45) is 2.13. The molecular weight excluding hydrogens is 214 g/mol. The van der Waals surface area contributed by atoms with Gasteiger partial charge in [0, 0.05) is 12.6 Å². The molecule has 1 N–H and O–H groups in total. The highest BCUT2D eigenvalue weighted by Crippen LogP contribution is 2.19. The smallest absolute Gasteiger partial charge is 0.150 e. The molecule has 0 radical (unpaired) electrons. The third kappa shape index (κ3) is 2.92. The molecule has 2 rings (SSSR count). The summed E-state index contributed by atoms with van der Waals surface area (Å²) in [6, 6.07) is 0.410. The minimum atomic E-state index is -2.73. The molecule has 5 heteroatoms. The fraction of sp³-hybridized carbons (Fsp3) is 1.00. The molecule has 3 unspecified atom stereocenters. The zero-order chi connectivity index (χ0) is 10.9. The Labute approximate surface area is 91.3 Å². The van der Waals surface area contributed by atoms with Crippen LogP contribution in [0.15, 0.2) is 0 Å². The summed E-state index contributed by atoms with van der Waals surface area (Å²) in [5.41, 5.74) is 0. The second kappa shape index (κ2) is 4.39. The molecule has 0 amide bonds. The highest BCUT2D eigenvalue weighted by atomic mass is 32.2. The van der Waals surface area contributed by atoms with Crippen LogP contribution in [0.25, 0.3) is 0 Å². The van der Waals surface area contributed by atoms with E-state index in [-0.39, 0.29) is 6.10 Å². The van der Waals surface area contributed by atoms with E-state index in [0.29, 0.717) is 23.5 Å². The van der Waals surface area contributed by atoms with Crippen molar-refractivity contribution in [2.24, 2.45) is 5.92 Å². The Kier molecular flexibility index (Phi) is 3.33. The Balaban J connectivity index is 1.75. The number of hydrogen-bond donors (Lipinski definition) is 1. The van der Waals surface area contributed by atoms with E-state index in [9.17, 15) is 8.42 Å². The van der Waals surface area contributed by atoms with Gasteiger partial charge in [-0.25, -0.2) is 8.42 Å². The molecule has 3 atom stereocenters. The van der Waals surface area contributed by atoms with Gasteiger partial charge in [0.1, 0.15) is 0 Å². The van der Waals surface area contributed by atoms with Crippen LogP contribution in [0.4, 0.5) is 0 Å². The summed E-state index contributed by atoms with van der Waals surface area (Å²) in [5.74, 6) is 1.04. The van der Waals surface area contributed by atoms with Gasteiger partial charge < -0.3 is 10.1 Å². The van der Waals surface area contributed by atoms with Crippen molar-refractivity contribution >= 4 is 9.84 Å². The number of ether oxygens (including phenoxy) is 1. The maximum atomic E-state index is 11.2. The fourth-order valence-corrected chi connectivity index (χ4v) is 4.21. The summed E-state index contributed by atoms with van der Waals surface area (Å²) in [4.78, 5) is 0. The largest absolute Gasteiger partial charge is 0.377 e. The lowest BCUT2D eigenvalue weighted by Crippen LogP contribution is -2.38. The summed E-state index contributed by atoms with van der Waals surface area (Å²) in [7, 11) is -2.73. The molecule has 0 aromatic carbocycles. The van der Waals surface area contributed by atoms with Gasteiger partial charge in [0.15, 0.2) is 9.84 Å². The number of sulfone groups is 1. The van der Waals surface area contributed by atoms with E-state index in [0.717, 1.165) is 26.0 Å². The maximum Gasteiger partial charge on any atom is 0.150 e. The SMILES string of the molecule is CC1OCCC1NCC1CCS(=O)(=O)C1. The minimum Gasteiger partial charge on any atom is -0.377 e. The topological polar surface area (TPSA) is 55.4 Å². The molecule has 0 aliphatic carbocycles. The first-order chi connectivity index (χ1) is 7.07. The zero-order valence-electron chi connectivity index (χ0n) is 9.11. The van der Waals surface area contributed by atoms with Crippen LogP contribution >= 0.6 is 0 Å². The Hall–Kier alpha value is -0.130. The summed E-state index contributed by atoms with van der Waals surface area (Å²) in [5, 5.41) is 3.42. The molecule has 0 aromatic rings. The van der Waals surface area contributed by atoms with Gasteiger partial charge in [-0.05, 0) is 32.2 Å². The first-order valence-corrected chi connectivity index (χ1v) is 7.44. The Morgan fingerprint density at radius 2 is 2.20 bits per heavy atom. The highest BCUT2D eigenvalue weighted by Gasteiger charge is 2.30. The van der Waals surface area contributed by atoms with Crippen molar-refractivity contribution in [1.29, 1.82) is 0 Å². The molecule has 0 saturated carbocycles. The molecule has 4 nitrogen and oxygen atoms in total. The predicted molar refractivity (Wildman–Crippen MR) is 58.6 cm³/mol. The van der Waals surface area contributed by atoms with Gasteiger partial charge in [-0.15, -0.1) is 0 Å². The van der Waals surface area contributed by atoms with Gasteiger partial charge in [-0.1, -0.05) is 0 Å². The van der Waals surface area contributed by atoms with Gasteiger partial charge in [-0.2, -0.15) is 0 Å². The van der Waals surface area contributed by atoms with E-state index in [1.807, 2.05) is 0 Å².